The van der Waals surface area contributed by atoms with Crippen molar-refractivity contribution >= 4 is 33.2 Å². The van der Waals surface area contributed by atoms with E-state index in [0.29, 0.717) is 21.8 Å². The molecule has 0 aromatic heterocycles. The monoisotopic (exact) mass is 434 g/mol. The average Bonchev–Trinajstić information content (AvgIpc) is 2.65. The number of hydrogen-bond donors (Lipinski definition) is 2. The molecule has 2 aromatic carbocycles. The van der Waals surface area contributed by atoms with Crippen LogP contribution < -0.4 is 10.0 Å². The number of sulfonamides is 1. The van der Waals surface area contributed by atoms with E-state index in [9.17, 15) is 13.2 Å². The molecule has 0 atom stereocenters. The summed E-state index contributed by atoms with van der Waals surface area (Å²) >= 11 is 5.83. The predicted molar refractivity (Wildman–Crippen MR) is 117 cm³/mol. The van der Waals surface area contributed by atoms with Crippen LogP contribution in [-0.4, -0.2) is 20.4 Å². The summed E-state index contributed by atoms with van der Waals surface area (Å²) in [6.45, 7) is 1.78. The van der Waals surface area contributed by atoms with Crippen molar-refractivity contribution in [2.45, 2.75) is 62.8 Å². The normalized spacial score (nSPS) is 15.9. The van der Waals surface area contributed by atoms with Crippen LogP contribution in [0.2, 0.25) is 5.02 Å². The van der Waals surface area contributed by atoms with Gasteiger partial charge in [0.25, 0.3) is 15.9 Å². The Morgan fingerprint density at radius 1 is 0.966 bits per heavy atom. The van der Waals surface area contributed by atoms with Crippen molar-refractivity contribution in [2.75, 3.05) is 4.72 Å². The molecule has 1 fully saturated rings. The van der Waals surface area contributed by atoms with Gasteiger partial charge in [-0.25, -0.2) is 8.42 Å². The molecule has 2 N–H and O–H groups in total. The van der Waals surface area contributed by atoms with Gasteiger partial charge in [-0.3, -0.25) is 9.52 Å². The van der Waals surface area contributed by atoms with E-state index in [1.165, 1.54) is 43.5 Å². The number of amides is 1. The maximum absolute atomic E-state index is 12.7. The minimum atomic E-state index is -3.73. The van der Waals surface area contributed by atoms with Gasteiger partial charge in [-0.05, 0) is 67.8 Å². The number of anilines is 1. The molecule has 0 spiro atoms. The molecule has 7 heteroatoms. The van der Waals surface area contributed by atoms with E-state index in [1.807, 2.05) is 0 Å². The summed E-state index contributed by atoms with van der Waals surface area (Å²) in [5.41, 5.74) is 1.68. The fraction of sp³-hybridized carbons (Fsp3) is 0.409. The quantitative estimate of drug-likeness (QED) is 0.671. The number of hydrogen-bond acceptors (Lipinski definition) is 3. The van der Waals surface area contributed by atoms with Crippen LogP contribution in [0.5, 0.6) is 0 Å². The minimum absolute atomic E-state index is 0.106. The van der Waals surface area contributed by atoms with E-state index in [1.54, 1.807) is 25.1 Å². The van der Waals surface area contributed by atoms with Crippen LogP contribution in [0.25, 0.3) is 0 Å². The lowest BCUT2D eigenvalue weighted by Gasteiger charge is -2.21. The molecule has 0 unspecified atom stereocenters. The van der Waals surface area contributed by atoms with E-state index in [4.69, 9.17) is 11.6 Å². The van der Waals surface area contributed by atoms with Gasteiger partial charge in [0.05, 0.1) is 10.6 Å². The third-order valence-electron chi connectivity index (χ3n) is 5.30. The zero-order valence-corrected chi connectivity index (χ0v) is 18.2. The maximum Gasteiger partial charge on any atom is 0.261 e. The topological polar surface area (TPSA) is 75.3 Å². The fourth-order valence-corrected chi connectivity index (χ4v) is 4.86. The Balaban J connectivity index is 1.69. The van der Waals surface area contributed by atoms with Crippen LogP contribution in [-0.2, 0) is 10.0 Å². The first-order chi connectivity index (χ1) is 13.8. The molecular weight excluding hydrogens is 408 g/mol. The highest BCUT2D eigenvalue weighted by molar-refractivity contribution is 7.92. The molecule has 0 saturated heterocycles. The second-order valence-corrected chi connectivity index (χ2v) is 9.72. The number of carbonyl (C=O) groups is 1. The molecule has 1 saturated carbocycles. The zero-order chi connectivity index (χ0) is 20.9. The number of carbonyl (C=O) groups excluding carboxylic acids is 1. The summed E-state index contributed by atoms with van der Waals surface area (Å²) in [5.74, 6) is -0.106. The molecule has 1 aliphatic carbocycles. The summed E-state index contributed by atoms with van der Waals surface area (Å²) in [7, 11) is -3.73. The third kappa shape index (κ3) is 5.97. The van der Waals surface area contributed by atoms with Crippen molar-refractivity contribution in [3.63, 3.8) is 0 Å². The van der Waals surface area contributed by atoms with Crippen molar-refractivity contribution in [1.29, 1.82) is 0 Å². The van der Waals surface area contributed by atoms with E-state index in [2.05, 4.69) is 10.0 Å². The molecule has 156 valence electrons. The molecule has 0 aliphatic heterocycles. The SMILES string of the molecule is Cc1cc(C(=O)NC2CCCCCCC2)ccc1NS(=O)(=O)c1ccc(Cl)cc1. The molecule has 5 nitrogen and oxygen atoms in total. The second kappa shape index (κ2) is 9.63. The number of rotatable bonds is 5. The lowest BCUT2D eigenvalue weighted by atomic mass is 9.96. The smallest absolute Gasteiger partial charge is 0.261 e. The van der Waals surface area contributed by atoms with Gasteiger partial charge in [-0.2, -0.15) is 0 Å². The third-order valence-corrected chi connectivity index (χ3v) is 6.93. The van der Waals surface area contributed by atoms with Crippen LogP contribution in [0.4, 0.5) is 5.69 Å². The lowest BCUT2D eigenvalue weighted by Crippen LogP contribution is -2.35. The number of halogens is 1. The van der Waals surface area contributed by atoms with Crippen LogP contribution in [0, 0.1) is 6.92 Å². The van der Waals surface area contributed by atoms with E-state index >= 15 is 0 Å². The zero-order valence-electron chi connectivity index (χ0n) is 16.6. The summed E-state index contributed by atoms with van der Waals surface area (Å²) in [5, 5.41) is 3.61. The Morgan fingerprint density at radius 2 is 1.59 bits per heavy atom. The highest BCUT2D eigenvalue weighted by Gasteiger charge is 2.18. The van der Waals surface area contributed by atoms with Gasteiger partial charge in [0.15, 0.2) is 0 Å². The van der Waals surface area contributed by atoms with Crippen LogP contribution in [0.3, 0.4) is 0 Å². The number of nitrogens with one attached hydrogen (secondary N) is 2. The average molecular weight is 435 g/mol. The van der Waals surface area contributed by atoms with Crippen LogP contribution in [0.1, 0.15) is 60.9 Å². The molecule has 1 aliphatic rings. The van der Waals surface area contributed by atoms with E-state index in [0.717, 1.165) is 25.7 Å². The Bertz CT molecular complexity index is 951. The van der Waals surface area contributed by atoms with Gasteiger partial charge in [0.1, 0.15) is 0 Å². The van der Waals surface area contributed by atoms with Gasteiger partial charge in [0, 0.05) is 16.6 Å². The summed E-state index contributed by atoms with van der Waals surface area (Å²) in [6, 6.07) is 11.2. The van der Waals surface area contributed by atoms with Gasteiger partial charge in [-0.1, -0.05) is 43.7 Å². The summed E-state index contributed by atoms with van der Waals surface area (Å²) in [4.78, 5) is 12.8. The first-order valence-electron chi connectivity index (χ1n) is 10.0. The summed E-state index contributed by atoms with van der Waals surface area (Å²) in [6.07, 6.45) is 8.08. The van der Waals surface area contributed by atoms with Crippen molar-refractivity contribution in [3.05, 3.63) is 58.6 Å². The molecular formula is C22H27ClN2O3S. The van der Waals surface area contributed by atoms with Crippen molar-refractivity contribution in [2.24, 2.45) is 0 Å². The first-order valence-corrected chi connectivity index (χ1v) is 11.9. The first kappa shape index (κ1) is 21.7. The largest absolute Gasteiger partial charge is 0.349 e. The highest BCUT2D eigenvalue weighted by Crippen LogP contribution is 2.23. The van der Waals surface area contributed by atoms with E-state index in [-0.39, 0.29) is 16.8 Å². The Morgan fingerprint density at radius 3 is 2.21 bits per heavy atom. The second-order valence-electron chi connectivity index (χ2n) is 7.60. The van der Waals surface area contributed by atoms with Gasteiger partial charge in [-0.15, -0.1) is 0 Å². The molecule has 1 amide bonds. The van der Waals surface area contributed by atoms with E-state index < -0.39 is 10.0 Å². The minimum Gasteiger partial charge on any atom is -0.349 e. The molecule has 0 heterocycles. The summed E-state index contributed by atoms with van der Waals surface area (Å²) < 4.78 is 27.7. The number of aryl methyl sites for hydroxylation is 1. The predicted octanol–water partition coefficient (Wildman–Crippen LogP) is 5.29. The lowest BCUT2D eigenvalue weighted by molar-refractivity contribution is 0.0930. The van der Waals surface area contributed by atoms with Crippen LogP contribution >= 0.6 is 11.6 Å². The van der Waals surface area contributed by atoms with Gasteiger partial charge in [0.2, 0.25) is 0 Å². The van der Waals surface area contributed by atoms with Gasteiger partial charge < -0.3 is 5.32 Å². The molecule has 3 rings (SSSR count). The van der Waals surface area contributed by atoms with Crippen molar-refractivity contribution in [1.82, 2.24) is 5.32 Å². The highest BCUT2D eigenvalue weighted by atomic mass is 35.5. The fourth-order valence-electron chi connectivity index (χ4n) is 3.61. The standard InChI is InChI=1S/C22H27ClN2O3S/c1-16-15-17(22(26)24-19-7-5-3-2-4-6-8-19)9-14-21(16)25-29(27,28)20-12-10-18(23)11-13-20/h9-15,19,25H,2-8H2,1H3,(H,24,26). The molecule has 0 radical (unpaired) electrons. The Kier molecular flexibility index (Phi) is 7.19. The van der Waals surface area contributed by atoms with Crippen molar-refractivity contribution < 1.29 is 13.2 Å². The Labute approximate surface area is 177 Å². The van der Waals surface area contributed by atoms with Gasteiger partial charge >= 0.3 is 0 Å². The van der Waals surface area contributed by atoms with Crippen molar-refractivity contribution in [3.8, 4) is 0 Å². The Hall–Kier alpha value is -2.05. The molecule has 2 aromatic rings. The number of benzene rings is 2. The van der Waals surface area contributed by atoms with Crippen LogP contribution in [0.15, 0.2) is 47.4 Å². The molecule has 29 heavy (non-hydrogen) atoms. The maximum atomic E-state index is 12.7. The molecule has 0 bridgehead atoms.